The van der Waals surface area contributed by atoms with Crippen LogP contribution in [-0.2, 0) is 9.53 Å². The second-order valence-corrected chi connectivity index (χ2v) is 5.72. The van der Waals surface area contributed by atoms with Crippen molar-refractivity contribution in [3.63, 3.8) is 0 Å². The van der Waals surface area contributed by atoms with E-state index in [1.807, 2.05) is 6.92 Å². The van der Waals surface area contributed by atoms with Crippen LogP contribution in [0.15, 0.2) is 11.6 Å². The summed E-state index contributed by atoms with van der Waals surface area (Å²) < 4.78 is 5.03. The number of hydrogen-bond donors (Lipinski definition) is 1. The van der Waals surface area contributed by atoms with Crippen molar-refractivity contribution in [3.05, 3.63) is 11.6 Å². The highest BCUT2D eigenvalue weighted by atomic mass is 16.5. The summed E-state index contributed by atoms with van der Waals surface area (Å²) in [5.74, 6) is 0.355. The highest BCUT2D eigenvalue weighted by Gasteiger charge is 2.25. The zero-order valence-corrected chi connectivity index (χ0v) is 12.7. The average molecular weight is 268 g/mol. The van der Waals surface area contributed by atoms with Crippen LogP contribution in [0.4, 0.5) is 0 Å². The fourth-order valence-corrected chi connectivity index (χ4v) is 2.34. The van der Waals surface area contributed by atoms with E-state index in [9.17, 15) is 4.79 Å². The number of piperidine rings is 1. The van der Waals surface area contributed by atoms with Crippen molar-refractivity contribution in [1.29, 1.82) is 0 Å². The van der Waals surface area contributed by atoms with E-state index in [1.54, 1.807) is 7.11 Å². The molecule has 0 aromatic carbocycles. The monoisotopic (exact) mass is 268 g/mol. The summed E-state index contributed by atoms with van der Waals surface area (Å²) in [7, 11) is 1.66. The molecule has 0 bridgehead atoms. The van der Waals surface area contributed by atoms with Crippen LogP contribution in [0.3, 0.4) is 0 Å². The molecule has 1 saturated heterocycles. The van der Waals surface area contributed by atoms with E-state index >= 15 is 0 Å². The molecule has 19 heavy (non-hydrogen) atoms. The van der Waals surface area contributed by atoms with Crippen LogP contribution in [0.5, 0.6) is 0 Å². The molecule has 4 nitrogen and oxygen atoms in total. The first-order valence-corrected chi connectivity index (χ1v) is 7.18. The molecule has 0 aromatic rings. The van der Waals surface area contributed by atoms with Crippen LogP contribution >= 0.6 is 0 Å². The molecule has 1 heterocycles. The number of likely N-dealkylation sites (tertiary alicyclic amines) is 1. The molecule has 1 N–H and O–H groups in total. The third-order valence-corrected chi connectivity index (χ3v) is 3.52. The third-order valence-electron chi connectivity index (χ3n) is 3.52. The van der Waals surface area contributed by atoms with E-state index in [2.05, 4.69) is 30.1 Å². The first-order chi connectivity index (χ1) is 9.02. The molecule has 110 valence electrons. The van der Waals surface area contributed by atoms with Gasteiger partial charge in [0.1, 0.15) is 0 Å². The molecule has 1 amide bonds. The van der Waals surface area contributed by atoms with E-state index in [4.69, 9.17) is 4.74 Å². The maximum atomic E-state index is 12.1. The summed E-state index contributed by atoms with van der Waals surface area (Å²) in [6.45, 7) is 9.84. The van der Waals surface area contributed by atoms with E-state index in [-0.39, 0.29) is 17.9 Å². The summed E-state index contributed by atoms with van der Waals surface area (Å²) >= 11 is 0. The Kier molecular flexibility index (Phi) is 7.10. The van der Waals surface area contributed by atoms with Gasteiger partial charge in [0.15, 0.2) is 0 Å². The van der Waals surface area contributed by atoms with Crippen molar-refractivity contribution in [2.45, 2.75) is 39.7 Å². The number of nitrogens with one attached hydrogen (secondary N) is 1. The van der Waals surface area contributed by atoms with E-state index < -0.39 is 0 Å². The van der Waals surface area contributed by atoms with Gasteiger partial charge in [0.2, 0.25) is 5.91 Å². The number of nitrogens with zero attached hydrogens (tertiary/aromatic N) is 1. The molecule has 4 heteroatoms. The van der Waals surface area contributed by atoms with Crippen molar-refractivity contribution < 1.29 is 9.53 Å². The molecule has 1 aliphatic heterocycles. The summed E-state index contributed by atoms with van der Waals surface area (Å²) in [4.78, 5) is 14.5. The second kappa shape index (κ2) is 8.33. The van der Waals surface area contributed by atoms with Gasteiger partial charge in [-0.3, -0.25) is 9.69 Å². The minimum atomic E-state index is 0.0983. The first-order valence-electron chi connectivity index (χ1n) is 7.18. The normalized spacial score (nSPS) is 18.9. The van der Waals surface area contributed by atoms with Crippen molar-refractivity contribution >= 4 is 5.91 Å². The van der Waals surface area contributed by atoms with Crippen LogP contribution < -0.4 is 5.32 Å². The maximum absolute atomic E-state index is 12.1. The number of carbonyl (C=O) groups is 1. The summed E-state index contributed by atoms with van der Waals surface area (Å²) in [5, 5.41) is 3.02. The highest BCUT2D eigenvalue weighted by Crippen LogP contribution is 2.17. The Morgan fingerprint density at radius 3 is 2.58 bits per heavy atom. The van der Waals surface area contributed by atoms with E-state index in [0.717, 1.165) is 32.5 Å². The van der Waals surface area contributed by atoms with Gasteiger partial charge in [-0.2, -0.15) is 0 Å². The highest BCUT2D eigenvalue weighted by molar-refractivity contribution is 5.79. The zero-order valence-electron chi connectivity index (χ0n) is 12.7. The van der Waals surface area contributed by atoms with Crippen LogP contribution in [0.2, 0.25) is 0 Å². The predicted molar refractivity (Wildman–Crippen MR) is 78.1 cm³/mol. The number of amides is 1. The molecule has 0 aromatic heterocycles. The smallest absolute Gasteiger partial charge is 0.223 e. The Hall–Kier alpha value is -0.870. The molecule has 0 radical (unpaired) electrons. The second-order valence-electron chi connectivity index (χ2n) is 5.72. The molecule has 1 rings (SSSR count). The van der Waals surface area contributed by atoms with Crippen LogP contribution in [0.1, 0.15) is 33.6 Å². The van der Waals surface area contributed by atoms with E-state index in [0.29, 0.717) is 6.61 Å². The van der Waals surface area contributed by atoms with Gasteiger partial charge in [-0.15, -0.1) is 0 Å². The molecular formula is C15H28N2O2. The molecule has 0 saturated carbocycles. The lowest BCUT2D eigenvalue weighted by Crippen LogP contribution is -2.44. The minimum absolute atomic E-state index is 0.0983. The summed E-state index contributed by atoms with van der Waals surface area (Å²) in [5.41, 5.74) is 1.35. The molecule has 0 spiro atoms. The van der Waals surface area contributed by atoms with Gasteiger partial charge in [-0.25, -0.2) is 0 Å². The number of methoxy groups -OCH3 is 1. The van der Waals surface area contributed by atoms with Crippen molar-refractivity contribution in [2.24, 2.45) is 5.92 Å². The number of hydrogen-bond acceptors (Lipinski definition) is 3. The van der Waals surface area contributed by atoms with Crippen molar-refractivity contribution in [3.8, 4) is 0 Å². The average Bonchev–Trinajstić information content (AvgIpc) is 2.37. The Morgan fingerprint density at radius 2 is 2.05 bits per heavy atom. The third kappa shape index (κ3) is 6.21. The standard InChI is InChI=1S/C15H28N2O2/c1-12(2)5-8-17-9-6-14(7-10-17)15(18)16-13(3)11-19-4/h5,13-14H,6-11H2,1-4H3,(H,16,18)/t13-/m0/s1. The topological polar surface area (TPSA) is 41.6 Å². The SMILES string of the molecule is COC[C@H](C)NC(=O)C1CCN(CC=C(C)C)CC1. The number of carbonyl (C=O) groups excluding carboxylic acids is 1. The molecule has 1 fully saturated rings. The molecule has 0 unspecified atom stereocenters. The lowest BCUT2D eigenvalue weighted by Gasteiger charge is -2.31. The lowest BCUT2D eigenvalue weighted by atomic mass is 9.95. The fourth-order valence-electron chi connectivity index (χ4n) is 2.34. The maximum Gasteiger partial charge on any atom is 0.223 e. The fraction of sp³-hybridized carbons (Fsp3) is 0.800. The lowest BCUT2D eigenvalue weighted by molar-refractivity contribution is -0.127. The van der Waals surface area contributed by atoms with Gasteiger partial charge < -0.3 is 10.1 Å². The van der Waals surface area contributed by atoms with Gasteiger partial charge >= 0.3 is 0 Å². The quantitative estimate of drug-likeness (QED) is 0.747. The van der Waals surface area contributed by atoms with Crippen LogP contribution in [0, 0.1) is 5.92 Å². The van der Waals surface area contributed by atoms with E-state index in [1.165, 1.54) is 5.57 Å². The Bertz CT molecular complexity index is 303. The van der Waals surface area contributed by atoms with Crippen molar-refractivity contribution in [2.75, 3.05) is 33.4 Å². The molecule has 1 aliphatic rings. The zero-order chi connectivity index (χ0) is 14.3. The van der Waals surface area contributed by atoms with Gasteiger partial charge in [0, 0.05) is 25.6 Å². The van der Waals surface area contributed by atoms with Gasteiger partial charge in [0.05, 0.1) is 6.61 Å². The molecule has 0 aliphatic carbocycles. The number of rotatable bonds is 6. The minimum Gasteiger partial charge on any atom is -0.383 e. The van der Waals surface area contributed by atoms with Crippen LogP contribution in [0.25, 0.3) is 0 Å². The Labute approximate surface area is 117 Å². The summed E-state index contributed by atoms with van der Waals surface area (Å²) in [6.07, 6.45) is 4.17. The van der Waals surface area contributed by atoms with Crippen LogP contribution in [-0.4, -0.2) is 50.2 Å². The van der Waals surface area contributed by atoms with Gasteiger partial charge in [0.25, 0.3) is 0 Å². The molecular weight excluding hydrogens is 240 g/mol. The summed E-state index contributed by atoms with van der Waals surface area (Å²) in [6, 6.07) is 0.0983. The number of allylic oxidation sites excluding steroid dienone is 1. The predicted octanol–water partition coefficient (Wildman–Crippen LogP) is 1.82. The largest absolute Gasteiger partial charge is 0.383 e. The first kappa shape index (κ1) is 16.2. The van der Waals surface area contributed by atoms with Gasteiger partial charge in [-0.05, 0) is 46.7 Å². The Morgan fingerprint density at radius 1 is 1.42 bits per heavy atom. The molecule has 1 atom stereocenters. The Balaban J connectivity index is 2.29. The van der Waals surface area contributed by atoms with Crippen molar-refractivity contribution in [1.82, 2.24) is 10.2 Å². The number of ether oxygens (including phenoxy) is 1. The van der Waals surface area contributed by atoms with Gasteiger partial charge in [-0.1, -0.05) is 11.6 Å².